The van der Waals surface area contributed by atoms with Crippen molar-refractivity contribution in [3.8, 4) is 23.3 Å². The van der Waals surface area contributed by atoms with Gasteiger partial charge in [0.1, 0.15) is 23.9 Å². The number of rotatable bonds is 14. The van der Waals surface area contributed by atoms with Crippen LogP contribution in [0.4, 0.5) is 4.39 Å². The fraction of sp³-hybridized carbons (Fsp3) is 0.333. The lowest BCUT2D eigenvalue weighted by molar-refractivity contribution is 0.266. The fourth-order valence-electron chi connectivity index (χ4n) is 2.85. The van der Waals surface area contributed by atoms with Crippen molar-refractivity contribution in [2.24, 2.45) is 11.5 Å². The topological polar surface area (TPSA) is 200 Å². The maximum absolute atomic E-state index is 13.7. The third-order valence-corrected chi connectivity index (χ3v) is 8.70. The lowest BCUT2D eigenvalue weighted by Crippen LogP contribution is -2.25. The molecule has 1 aromatic heterocycles. The molecule has 0 aliphatic carbocycles. The van der Waals surface area contributed by atoms with Gasteiger partial charge in [-0.25, -0.2) is 22.4 Å². The molecule has 1 atom stereocenters. The van der Waals surface area contributed by atoms with E-state index in [-0.39, 0.29) is 15.7 Å². The van der Waals surface area contributed by atoms with E-state index in [2.05, 4.69) is 4.98 Å². The summed E-state index contributed by atoms with van der Waals surface area (Å²) in [6.45, 7) is 1.50. The minimum atomic E-state index is -4.58. The Bertz CT molecular complexity index is 1400. The van der Waals surface area contributed by atoms with E-state index < -0.39 is 29.7 Å². The number of aromatic nitrogens is 1. The van der Waals surface area contributed by atoms with Crippen molar-refractivity contribution in [1.82, 2.24) is 9.71 Å². The summed E-state index contributed by atoms with van der Waals surface area (Å²) in [6, 6.07) is 7.68. The second-order valence-corrected chi connectivity index (χ2v) is 12.3. The highest BCUT2D eigenvalue weighted by Crippen LogP contribution is 2.42. The number of nitrogens with zero attached hydrogens (tertiary/aromatic N) is 2. The normalized spacial score (nSPS) is 13.2. The first kappa shape index (κ1) is 28.7. The number of ether oxygens (including phenoxy) is 2. The standard InChI is InChI=1S/C21H25FN5O7PS2/c22-16-9-15(4-3-14(16)12-25)34-35(28,29)13-26-37(30,31)21-27-17-10-18(32-7-1-5-23)19(11-20(17)36-21)33-8-2-6-24/h3-4,9-11,26H,1-2,5-8,13,23-24H2,(H,28,29). The van der Waals surface area contributed by atoms with Crippen molar-refractivity contribution >= 4 is 39.2 Å². The van der Waals surface area contributed by atoms with Crippen LogP contribution in [-0.2, 0) is 14.6 Å². The summed E-state index contributed by atoms with van der Waals surface area (Å²) in [6.07, 6.45) is 0.192. The van der Waals surface area contributed by atoms with Crippen molar-refractivity contribution in [2.75, 3.05) is 32.6 Å². The van der Waals surface area contributed by atoms with E-state index in [9.17, 15) is 22.3 Å². The number of nitrogens with two attached hydrogens (primary N) is 2. The van der Waals surface area contributed by atoms with E-state index in [1.807, 2.05) is 4.72 Å². The van der Waals surface area contributed by atoms with Gasteiger partial charge in [0.05, 0.1) is 29.0 Å². The molecule has 3 rings (SSSR count). The molecule has 0 aliphatic rings. The molecule has 1 heterocycles. The number of thiazole rings is 1. The van der Waals surface area contributed by atoms with Gasteiger partial charge >= 0.3 is 7.60 Å². The van der Waals surface area contributed by atoms with E-state index in [0.29, 0.717) is 60.9 Å². The molecule has 0 fully saturated rings. The number of fused-ring (bicyclic) bond motifs is 1. The van der Waals surface area contributed by atoms with Gasteiger partial charge in [0.25, 0.3) is 10.0 Å². The minimum Gasteiger partial charge on any atom is -0.490 e. The van der Waals surface area contributed by atoms with E-state index in [1.54, 1.807) is 18.2 Å². The summed E-state index contributed by atoms with van der Waals surface area (Å²) in [5.74, 6) is -0.539. The van der Waals surface area contributed by atoms with Crippen molar-refractivity contribution in [1.29, 1.82) is 5.26 Å². The van der Waals surface area contributed by atoms with E-state index >= 15 is 0 Å². The molecular weight excluding hydrogens is 548 g/mol. The Morgan fingerprint density at radius 1 is 1.14 bits per heavy atom. The Labute approximate surface area is 216 Å². The molecule has 1 unspecified atom stereocenters. The van der Waals surface area contributed by atoms with E-state index in [4.69, 9.17) is 30.7 Å². The van der Waals surface area contributed by atoms with Crippen LogP contribution in [0, 0.1) is 17.1 Å². The van der Waals surface area contributed by atoms with E-state index in [1.165, 1.54) is 0 Å². The van der Waals surface area contributed by atoms with Crippen molar-refractivity contribution in [3.05, 3.63) is 41.7 Å². The summed E-state index contributed by atoms with van der Waals surface area (Å²) < 4.78 is 70.1. The van der Waals surface area contributed by atoms with E-state index in [0.717, 1.165) is 29.5 Å². The van der Waals surface area contributed by atoms with Gasteiger partial charge in [0, 0.05) is 18.2 Å². The average Bonchev–Trinajstić information content (AvgIpc) is 3.27. The van der Waals surface area contributed by atoms with Gasteiger partial charge < -0.3 is 30.4 Å². The highest BCUT2D eigenvalue weighted by molar-refractivity contribution is 7.91. The zero-order valence-corrected chi connectivity index (χ0v) is 22.0. The first-order valence-electron chi connectivity index (χ1n) is 10.9. The van der Waals surface area contributed by atoms with Crippen LogP contribution in [0.1, 0.15) is 18.4 Å². The predicted molar refractivity (Wildman–Crippen MR) is 135 cm³/mol. The summed E-state index contributed by atoms with van der Waals surface area (Å²) in [7, 11) is -8.90. The van der Waals surface area contributed by atoms with Gasteiger partial charge in [-0.1, -0.05) is 0 Å². The number of sulfonamides is 1. The van der Waals surface area contributed by atoms with Crippen LogP contribution in [0.25, 0.3) is 10.2 Å². The van der Waals surface area contributed by atoms with Crippen molar-refractivity contribution < 1.29 is 36.3 Å². The van der Waals surface area contributed by atoms with Crippen LogP contribution in [0.15, 0.2) is 34.7 Å². The summed E-state index contributed by atoms with van der Waals surface area (Å²) >= 11 is 0.821. The minimum absolute atomic E-state index is 0.280. The second kappa shape index (κ2) is 12.6. The average molecular weight is 574 g/mol. The number of hydrogen-bond donors (Lipinski definition) is 4. The van der Waals surface area contributed by atoms with Crippen LogP contribution in [-0.4, -0.2) is 50.9 Å². The van der Waals surface area contributed by atoms with Crippen LogP contribution >= 0.6 is 18.9 Å². The van der Waals surface area contributed by atoms with Crippen LogP contribution in [0.2, 0.25) is 0 Å². The molecule has 0 aliphatic heterocycles. The number of halogens is 1. The maximum Gasteiger partial charge on any atom is 0.391 e. The Balaban J connectivity index is 1.77. The van der Waals surface area contributed by atoms with Gasteiger partial charge in [0.15, 0.2) is 11.5 Å². The zero-order valence-electron chi connectivity index (χ0n) is 19.4. The first-order valence-corrected chi connectivity index (χ1v) is 15.0. The molecule has 200 valence electrons. The number of hydrogen-bond acceptors (Lipinski definition) is 11. The van der Waals surface area contributed by atoms with Crippen molar-refractivity contribution in [3.63, 3.8) is 0 Å². The SMILES string of the molecule is N#Cc1ccc(OP(=O)(O)CNS(=O)(=O)c2nc3cc(OCCCN)c(OCCCN)cc3s2)cc1F. The highest BCUT2D eigenvalue weighted by atomic mass is 32.2. The summed E-state index contributed by atoms with van der Waals surface area (Å²) in [5.41, 5.74) is 11.1. The number of benzene rings is 2. The molecule has 2 aromatic carbocycles. The smallest absolute Gasteiger partial charge is 0.391 e. The van der Waals surface area contributed by atoms with Gasteiger partial charge in [-0.05, 0) is 38.1 Å². The Kier molecular flexibility index (Phi) is 9.80. The summed E-state index contributed by atoms with van der Waals surface area (Å²) in [5, 5.41) is 8.76. The quantitative estimate of drug-likeness (QED) is 0.163. The third kappa shape index (κ3) is 7.83. The highest BCUT2D eigenvalue weighted by Gasteiger charge is 2.28. The molecule has 0 spiro atoms. The Hall–Kier alpha value is -2.83. The monoisotopic (exact) mass is 573 g/mol. The first-order chi connectivity index (χ1) is 17.6. The number of nitrogens with one attached hydrogen (secondary N) is 1. The van der Waals surface area contributed by atoms with Crippen LogP contribution in [0.3, 0.4) is 0 Å². The molecule has 0 amide bonds. The number of nitriles is 1. The molecule has 3 aromatic rings. The second-order valence-electron chi connectivity index (χ2n) is 7.52. The third-order valence-electron chi connectivity index (χ3n) is 4.64. The largest absolute Gasteiger partial charge is 0.490 e. The van der Waals surface area contributed by atoms with Crippen molar-refractivity contribution in [2.45, 2.75) is 17.2 Å². The summed E-state index contributed by atoms with van der Waals surface area (Å²) in [4.78, 5) is 14.2. The lowest BCUT2D eigenvalue weighted by atomic mass is 10.2. The predicted octanol–water partition coefficient (Wildman–Crippen LogP) is 2.26. The Morgan fingerprint density at radius 3 is 2.38 bits per heavy atom. The molecule has 37 heavy (non-hydrogen) atoms. The maximum atomic E-state index is 13.7. The fourth-order valence-corrected chi connectivity index (χ4v) is 6.63. The molecule has 0 saturated carbocycles. The van der Waals surface area contributed by atoms with Crippen LogP contribution in [0.5, 0.6) is 17.2 Å². The van der Waals surface area contributed by atoms with Gasteiger partial charge in [-0.2, -0.15) is 9.98 Å². The molecule has 16 heteroatoms. The molecule has 0 bridgehead atoms. The molecule has 6 N–H and O–H groups in total. The molecular formula is C21H25FN5O7PS2. The Morgan fingerprint density at radius 2 is 1.78 bits per heavy atom. The molecule has 0 saturated heterocycles. The zero-order chi connectivity index (χ0) is 27.1. The molecule has 0 radical (unpaired) electrons. The van der Waals surface area contributed by atoms with Gasteiger partial charge in [-0.15, -0.1) is 11.3 Å². The van der Waals surface area contributed by atoms with Gasteiger partial charge in [0.2, 0.25) is 4.34 Å². The lowest BCUT2D eigenvalue weighted by Gasteiger charge is -2.14. The van der Waals surface area contributed by atoms with Crippen LogP contribution < -0.4 is 30.2 Å². The molecule has 12 nitrogen and oxygen atoms in total. The van der Waals surface area contributed by atoms with Gasteiger partial charge in [-0.3, -0.25) is 0 Å².